The number of hydrogen-bond donors (Lipinski definition) is 4. The molecule has 8 atom stereocenters. The normalized spacial score (nSPS) is 42.3. The summed E-state index contributed by atoms with van der Waals surface area (Å²) in [5.74, 6) is 0.751. The molecule has 0 aliphatic carbocycles. The molecule has 0 saturated carbocycles. The van der Waals surface area contributed by atoms with E-state index in [1.807, 2.05) is 27.7 Å². The first kappa shape index (κ1) is 22.3. The zero-order valence-corrected chi connectivity index (χ0v) is 17.6. The molecule has 4 N–H and O–H groups in total. The van der Waals surface area contributed by atoms with Gasteiger partial charge in [-0.3, -0.25) is 0 Å². The van der Waals surface area contributed by atoms with Crippen molar-refractivity contribution in [1.82, 2.24) is 4.72 Å². The van der Waals surface area contributed by atoms with Gasteiger partial charge in [-0.1, -0.05) is 19.1 Å². The van der Waals surface area contributed by atoms with Crippen molar-refractivity contribution in [3.63, 3.8) is 0 Å². The zero-order chi connectivity index (χ0) is 19.5. The molecule has 6 nitrogen and oxygen atoms in total. The van der Waals surface area contributed by atoms with Crippen molar-refractivity contribution >= 4 is 22.7 Å². The SMILES string of the molecule is C[C@H]1/C=C\CCCCS[C@H]2O[C@@H]([C@H](O)[C@H](O)[C@H]2O)[C@@H]1N[S@](=O)C(C)(C)C. The Morgan fingerprint density at radius 2 is 1.85 bits per heavy atom. The van der Waals surface area contributed by atoms with Crippen LogP contribution in [0, 0.1) is 5.92 Å². The van der Waals surface area contributed by atoms with E-state index in [4.69, 9.17) is 4.74 Å². The average molecular weight is 408 g/mol. The molecule has 0 aromatic rings. The van der Waals surface area contributed by atoms with E-state index in [0.29, 0.717) is 0 Å². The van der Waals surface area contributed by atoms with Crippen LogP contribution < -0.4 is 4.72 Å². The highest BCUT2D eigenvalue weighted by Crippen LogP contribution is 2.33. The smallest absolute Gasteiger partial charge is 0.132 e. The van der Waals surface area contributed by atoms with Gasteiger partial charge in [0.05, 0.1) is 21.8 Å². The maximum atomic E-state index is 12.7. The standard InChI is InChI=1S/C18H33NO5S2/c1-11-9-7-5-6-8-10-25-17-15(22)13(20)14(21)16(24-17)12(11)19-26(23)18(2,3)4/h7,9,11-17,19-22H,5-6,8,10H2,1-4H3/b9-7-/t11-,12+,13-,14+,15+,16+,17+,26+/m0/s1. The third-order valence-electron chi connectivity index (χ3n) is 4.81. The lowest BCUT2D eigenvalue weighted by molar-refractivity contribution is -0.205. The quantitative estimate of drug-likeness (QED) is 0.516. The van der Waals surface area contributed by atoms with E-state index in [-0.39, 0.29) is 5.92 Å². The van der Waals surface area contributed by atoms with Gasteiger partial charge in [-0.15, -0.1) is 11.8 Å². The van der Waals surface area contributed by atoms with Crippen LogP contribution in [0.3, 0.4) is 0 Å². The van der Waals surface area contributed by atoms with Gasteiger partial charge in [-0.2, -0.15) is 0 Å². The number of ether oxygens (including phenoxy) is 1. The van der Waals surface area contributed by atoms with Crippen LogP contribution in [0.25, 0.3) is 0 Å². The molecule has 0 amide bonds. The van der Waals surface area contributed by atoms with Crippen molar-refractivity contribution in [3.05, 3.63) is 12.2 Å². The number of fused-ring (bicyclic) bond motifs is 2. The molecule has 0 unspecified atom stereocenters. The number of nitrogens with one attached hydrogen (secondary N) is 1. The predicted molar refractivity (Wildman–Crippen MR) is 106 cm³/mol. The fourth-order valence-electron chi connectivity index (χ4n) is 3.08. The molecule has 2 bridgehead atoms. The lowest BCUT2D eigenvalue weighted by Crippen LogP contribution is -2.64. The number of hydrogen-bond acceptors (Lipinski definition) is 6. The average Bonchev–Trinajstić information content (AvgIpc) is 2.56. The maximum Gasteiger partial charge on any atom is 0.132 e. The molecule has 2 rings (SSSR count). The Balaban J connectivity index is 2.32. The fraction of sp³-hybridized carbons (Fsp3) is 0.889. The van der Waals surface area contributed by atoms with Crippen LogP contribution in [0.4, 0.5) is 0 Å². The third kappa shape index (κ3) is 5.53. The van der Waals surface area contributed by atoms with Crippen LogP contribution in [-0.2, 0) is 15.7 Å². The second kappa shape index (κ2) is 9.49. The van der Waals surface area contributed by atoms with Gasteiger partial charge >= 0.3 is 0 Å². The second-order valence-corrected chi connectivity index (χ2v) is 11.3. The lowest BCUT2D eigenvalue weighted by Gasteiger charge is -2.45. The van der Waals surface area contributed by atoms with E-state index in [1.54, 1.807) is 0 Å². The van der Waals surface area contributed by atoms with Gasteiger partial charge in [0.15, 0.2) is 0 Å². The van der Waals surface area contributed by atoms with Gasteiger partial charge in [0.1, 0.15) is 29.9 Å². The summed E-state index contributed by atoms with van der Waals surface area (Å²) in [6, 6.07) is -0.453. The van der Waals surface area contributed by atoms with Crippen molar-refractivity contribution in [2.24, 2.45) is 5.92 Å². The maximum absolute atomic E-state index is 12.7. The van der Waals surface area contributed by atoms with E-state index < -0.39 is 51.6 Å². The van der Waals surface area contributed by atoms with E-state index in [0.717, 1.165) is 25.0 Å². The summed E-state index contributed by atoms with van der Waals surface area (Å²) in [5, 5.41) is 31.2. The Hall–Kier alpha value is 0.0400. The van der Waals surface area contributed by atoms with Gasteiger partial charge < -0.3 is 20.1 Å². The molecule has 2 aliphatic heterocycles. The summed E-state index contributed by atoms with van der Waals surface area (Å²) in [6.45, 7) is 7.61. The molecule has 2 heterocycles. The number of rotatable bonds is 2. The van der Waals surface area contributed by atoms with E-state index >= 15 is 0 Å². The van der Waals surface area contributed by atoms with Crippen LogP contribution in [0.5, 0.6) is 0 Å². The molecular weight excluding hydrogens is 374 g/mol. The first-order valence-electron chi connectivity index (χ1n) is 9.29. The molecule has 0 radical (unpaired) electrons. The molecule has 152 valence electrons. The van der Waals surface area contributed by atoms with Crippen LogP contribution >= 0.6 is 11.8 Å². The molecule has 0 spiro atoms. The van der Waals surface area contributed by atoms with E-state index in [9.17, 15) is 19.5 Å². The summed E-state index contributed by atoms with van der Waals surface area (Å²) in [7, 11) is -1.36. The second-order valence-electron chi connectivity index (χ2n) is 8.12. The topological polar surface area (TPSA) is 99.0 Å². The Labute approximate surface area is 163 Å². The summed E-state index contributed by atoms with van der Waals surface area (Å²) < 4.78 is 21.4. The van der Waals surface area contributed by atoms with Gasteiger partial charge in [0.25, 0.3) is 0 Å². The van der Waals surface area contributed by atoms with E-state index in [1.165, 1.54) is 11.8 Å². The molecular formula is C18H33NO5S2. The highest BCUT2D eigenvalue weighted by Gasteiger charge is 2.48. The van der Waals surface area contributed by atoms with Crippen molar-refractivity contribution in [1.29, 1.82) is 0 Å². The number of aliphatic hydroxyl groups is 3. The highest BCUT2D eigenvalue weighted by molar-refractivity contribution is 7.99. The summed E-state index contributed by atoms with van der Waals surface area (Å²) in [6.07, 6.45) is 2.70. The molecule has 8 heteroatoms. The number of allylic oxidation sites excluding steroid dienone is 1. The summed E-state index contributed by atoms with van der Waals surface area (Å²) >= 11 is 1.46. The largest absolute Gasteiger partial charge is 0.388 e. The Morgan fingerprint density at radius 1 is 1.15 bits per heavy atom. The van der Waals surface area contributed by atoms with Gasteiger partial charge in [-0.05, 0) is 51.7 Å². The van der Waals surface area contributed by atoms with Gasteiger partial charge in [-0.25, -0.2) is 8.93 Å². The van der Waals surface area contributed by atoms with Crippen molar-refractivity contribution in [3.8, 4) is 0 Å². The fourth-order valence-corrected chi connectivity index (χ4v) is 5.19. The lowest BCUT2D eigenvalue weighted by atomic mass is 9.88. The predicted octanol–water partition coefficient (Wildman–Crippen LogP) is 1.32. The molecule has 26 heavy (non-hydrogen) atoms. The Bertz CT molecular complexity index is 510. The van der Waals surface area contributed by atoms with Gasteiger partial charge in [0, 0.05) is 0 Å². The van der Waals surface area contributed by atoms with Gasteiger partial charge in [0.2, 0.25) is 0 Å². The number of thioether (sulfide) groups is 1. The highest BCUT2D eigenvalue weighted by atomic mass is 32.2. The summed E-state index contributed by atoms with van der Waals surface area (Å²) in [4.78, 5) is 0. The first-order chi connectivity index (χ1) is 12.1. The summed E-state index contributed by atoms with van der Waals surface area (Å²) in [5.41, 5.74) is -0.610. The van der Waals surface area contributed by atoms with Crippen molar-refractivity contribution in [2.45, 2.75) is 87.6 Å². The minimum Gasteiger partial charge on any atom is -0.388 e. The first-order valence-corrected chi connectivity index (χ1v) is 11.5. The monoisotopic (exact) mass is 407 g/mol. The van der Waals surface area contributed by atoms with Crippen molar-refractivity contribution < 1.29 is 24.3 Å². The Morgan fingerprint density at radius 3 is 2.50 bits per heavy atom. The molecule has 0 aromatic carbocycles. The zero-order valence-electron chi connectivity index (χ0n) is 16.0. The Kier molecular flexibility index (Phi) is 8.15. The molecule has 0 aromatic heterocycles. The van der Waals surface area contributed by atoms with Crippen LogP contribution in [0.2, 0.25) is 0 Å². The number of aliphatic hydroxyl groups excluding tert-OH is 3. The minimum absolute atomic E-state index is 0.0616. The molecule has 2 aliphatic rings. The minimum atomic E-state index is -1.36. The molecule has 1 saturated heterocycles. The van der Waals surface area contributed by atoms with Crippen LogP contribution in [-0.4, -0.2) is 65.9 Å². The molecule has 1 fully saturated rings. The van der Waals surface area contributed by atoms with Crippen molar-refractivity contribution in [2.75, 3.05) is 5.75 Å². The van der Waals surface area contributed by atoms with Crippen LogP contribution in [0.15, 0.2) is 12.2 Å². The third-order valence-corrected chi connectivity index (χ3v) is 7.65. The van der Waals surface area contributed by atoms with E-state index in [2.05, 4.69) is 16.9 Å². The van der Waals surface area contributed by atoms with Crippen LogP contribution in [0.1, 0.15) is 47.0 Å².